The molecule has 39 heavy (non-hydrogen) atoms. The van der Waals surface area contributed by atoms with Crippen molar-refractivity contribution >= 4 is 22.6 Å². The van der Waals surface area contributed by atoms with Crippen molar-refractivity contribution in [2.24, 2.45) is 0 Å². The summed E-state index contributed by atoms with van der Waals surface area (Å²) in [7, 11) is 1.79. The quantitative estimate of drug-likeness (QED) is 0.274. The molecule has 1 amide bonds. The number of hydrogen-bond donors (Lipinski definition) is 0. The number of carbonyl (C=O) groups excluding carboxylic acids is 1. The number of imidazole rings is 1. The molecule has 0 radical (unpaired) electrons. The Balaban J connectivity index is 1.50. The van der Waals surface area contributed by atoms with Gasteiger partial charge in [-0.15, -0.1) is 0 Å². The Kier molecular flexibility index (Phi) is 6.75. The number of benzene rings is 2. The summed E-state index contributed by atoms with van der Waals surface area (Å²) in [4.78, 5) is 20.5. The van der Waals surface area contributed by atoms with Gasteiger partial charge in [-0.1, -0.05) is 11.2 Å². The molecule has 2 aliphatic rings. The molecule has 7 nitrogen and oxygen atoms in total. The monoisotopic (exact) mass is 530 g/mol. The number of ether oxygens (including phenoxy) is 1. The van der Waals surface area contributed by atoms with Crippen LogP contribution in [-0.2, 0) is 9.53 Å². The number of methoxy groups -OCH3 is 1. The van der Waals surface area contributed by atoms with E-state index in [1.807, 2.05) is 18.7 Å². The number of aryl methyl sites for hydroxylation is 3. The molecular weight excluding hydrogens is 495 g/mol. The third-order valence-electron chi connectivity index (χ3n) is 8.55. The number of anilines is 1. The zero-order valence-corrected chi connectivity index (χ0v) is 23.0. The van der Waals surface area contributed by atoms with Gasteiger partial charge >= 0.3 is 0 Å². The lowest BCUT2D eigenvalue weighted by Crippen LogP contribution is -2.40. The number of fused-ring (bicyclic) bond motifs is 1. The van der Waals surface area contributed by atoms with Crippen LogP contribution in [0, 0.1) is 26.6 Å². The molecule has 6 rings (SSSR count). The third-order valence-corrected chi connectivity index (χ3v) is 8.55. The van der Waals surface area contributed by atoms with E-state index in [0.717, 1.165) is 83.7 Å². The van der Waals surface area contributed by atoms with E-state index in [1.165, 1.54) is 6.07 Å². The largest absolute Gasteiger partial charge is 0.381 e. The number of carbonyl (C=O) groups is 1. The summed E-state index contributed by atoms with van der Waals surface area (Å²) < 4.78 is 27.6. The summed E-state index contributed by atoms with van der Waals surface area (Å²) in [6.07, 6.45) is 6.30. The lowest BCUT2D eigenvalue weighted by molar-refractivity contribution is -0.120. The van der Waals surface area contributed by atoms with Crippen molar-refractivity contribution in [1.82, 2.24) is 14.7 Å². The van der Waals surface area contributed by atoms with E-state index in [2.05, 4.69) is 27.9 Å². The third kappa shape index (κ3) is 4.54. The zero-order chi connectivity index (χ0) is 27.3. The highest BCUT2D eigenvalue weighted by Crippen LogP contribution is 2.42. The maximum absolute atomic E-state index is 14.2. The van der Waals surface area contributed by atoms with Crippen LogP contribution in [0.4, 0.5) is 10.1 Å². The van der Waals surface area contributed by atoms with E-state index in [9.17, 15) is 9.18 Å². The number of hydrogen-bond acceptors (Lipinski definition) is 5. The highest BCUT2D eigenvalue weighted by atomic mass is 19.1. The molecule has 1 saturated heterocycles. The summed E-state index contributed by atoms with van der Waals surface area (Å²) in [5.41, 5.74) is 6.06. The molecule has 2 aromatic heterocycles. The summed E-state index contributed by atoms with van der Waals surface area (Å²) in [5, 5.41) is 4.14. The topological polar surface area (TPSA) is 73.4 Å². The standard InChI is InChI=1S/C31H35FN4O3/c1-18-16-23(11-14-25(18)32)35-28(6-5-7-29(35)37)31-33-26-17-21(30-19(2)34-39-20(30)3)8-15-27(26)36(31)22-9-12-24(38-4)13-10-22/h8,11,14-17,22,24,28H,5-7,9-10,12-13H2,1-4H3/t22?,24?,28-/m0/s1. The number of amides is 1. The van der Waals surface area contributed by atoms with Crippen LogP contribution in [0.2, 0.25) is 0 Å². The first-order valence-electron chi connectivity index (χ1n) is 13.9. The van der Waals surface area contributed by atoms with Crippen molar-refractivity contribution in [2.45, 2.75) is 83.9 Å². The Morgan fingerprint density at radius 3 is 2.51 bits per heavy atom. The Morgan fingerprint density at radius 1 is 1.03 bits per heavy atom. The molecule has 0 spiro atoms. The van der Waals surface area contributed by atoms with Crippen LogP contribution in [0.3, 0.4) is 0 Å². The van der Waals surface area contributed by atoms with E-state index >= 15 is 0 Å². The Morgan fingerprint density at radius 2 is 1.82 bits per heavy atom. The molecule has 4 aromatic rings. The molecule has 2 fully saturated rings. The average Bonchev–Trinajstić information content (AvgIpc) is 3.48. The molecule has 1 saturated carbocycles. The van der Waals surface area contributed by atoms with Crippen LogP contribution >= 0.6 is 0 Å². The van der Waals surface area contributed by atoms with Crippen LogP contribution < -0.4 is 4.90 Å². The summed E-state index contributed by atoms with van der Waals surface area (Å²) in [6, 6.07) is 11.3. The summed E-state index contributed by atoms with van der Waals surface area (Å²) in [6.45, 7) is 5.61. The van der Waals surface area contributed by atoms with Crippen LogP contribution in [-0.4, -0.2) is 33.8 Å². The van der Waals surface area contributed by atoms with E-state index in [1.54, 1.807) is 26.2 Å². The number of halogens is 1. The van der Waals surface area contributed by atoms with Gasteiger partial charge in [0.1, 0.15) is 17.4 Å². The minimum atomic E-state index is -0.270. The fourth-order valence-corrected chi connectivity index (χ4v) is 6.54. The molecule has 0 N–H and O–H groups in total. The molecule has 204 valence electrons. The summed E-state index contributed by atoms with van der Waals surface area (Å²) in [5.74, 6) is 1.46. The van der Waals surface area contributed by atoms with Gasteiger partial charge in [0.2, 0.25) is 5.91 Å². The molecule has 0 bridgehead atoms. The van der Waals surface area contributed by atoms with Crippen molar-refractivity contribution < 1.29 is 18.4 Å². The SMILES string of the molecule is COC1CCC(n2c([C@@H]3CCCC(=O)N3c3ccc(F)c(C)c3)nc3cc(-c4c(C)noc4C)ccc32)CC1. The predicted molar refractivity (Wildman–Crippen MR) is 148 cm³/mol. The van der Waals surface area contributed by atoms with Crippen LogP contribution in [0.5, 0.6) is 0 Å². The minimum Gasteiger partial charge on any atom is -0.381 e. The van der Waals surface area contributed by atoms with Crippen LogP contribution in [0.25, 0.3) is 22.2 Å². The van der Waals surface area contributed by atoms with E-state index < -0.39 is 0 Å². The highest BCUT2D eigenvalue weighted by Gasteiger charge is 2.36. The van der Waals surface area contributed by atoms with Gasteiger partial charge in [-0.3, -0.25) is 4.79 Å². The smallest absolute Gasteiger partial charge is 0.227 e. The molecular formula is C31H35FN4O3. The van der Waals surface area contributed by atoms with Gasteiger partial charge in [0.25, 0.3) is 0 Å². The van der Waals surface area contributed by atoms with E-state index in [0.29, 0.717) is 12.0 Å². The Labute approximate surface area is 227 Å². The molecule has 3 heterocycles. The van der Waals surface area contributed by atoms with E-state index in [4.69, 9.17) is 14.2 Å². The molecule has 8 heteroatoms. The first-order valence-corrected chi connectivity index (χ1v) is 13.9. The van der Waals surface area contributed by atoms with Gasteiger partial charge in [0.15, 0.2) is 0 Å². The molecule has 0 unspecified atom stereocenters. The second-order valence-corrected chi connectivity index (χ2v) is 11.0. The molecule has 1 aliphatic carbocycles. The lowest BCUT2D eigenvalue weighted by Gasteiger charge is -2.37. The van der Waals surface area contributed by atoms with Crippen molar-refractivity contribution in [1.29, 1.82) is 0 Å². The number of nitrogens with zero attached hydrogens (tertiary/aromatic N) is 4. The first kappa shape index (κ1) is 25.7. The first-order chi connectivity index (χ1) is 18.9. The van der Waals surface area contributed by atoms with Crippen molar-refractivity contribution in [3.05, 3.63) is 65.1 Å². The maximum atomic E-state index is 14.2. The number of piperidine rings is 1. The fraction of sp³-hybridized carbons (Fsp3) is 0.452. The van der Waals surface area contributed by atoms with Crippen molar-refractivity contribution in [3.63, 3.8) is 0 Å². The minimum absolute atomic E-state index is 0.0513. The van der Waals surface area contributed by atoms with Gasteiger partial charge in [-0.25, -0.2) is 9.37 Å². The van der Waals surface area contributed by atoms with Crippen molar-refractivity contribution in [3.8, 4) is 11.1 Å². The van der Waals surface area contributed by atoms with Crippen molar-refractivity contribution in [2.75, 3.05) is 12.0 Å². The fourth-order valence-electron chi connectivity index (χ4n) is 6.54. The molecule has 1 aliphatic heterocycles. The lowest BCUT2D eigenvalue weighted by atomic mass is 9.91. The normalized spacial score (nSPS) is 22.1. The van der Waals surface area contributed by atoms with Gasteiger partial charge in [-0.05, 0) is 101 Å². The van der Waals surface area contributed by atoms with Gasteiger partial charge in [0.05, 0.1) is 28.9 Å². The second-order valence-electron chi connectivity index (χ2n) is 11.0. The van der Waals surface area contributed by atoms with Crippen LogP contribution in [0.1, 0.15) is 79.9 Å². The molecule has 2 aromatic carbocycles. The zero-order valence-electron chi connectivity index (χ0n) is 23.0. The van der Waals surface area contributed by atoms with Gasteiger partial charge in [-0.2, -0.15) is 0 Å². The molecule has 1 atom stereocenters. The average molecular weight is 531 g/mol. The van der Waals surface area contributed by atoms with Gasteiger partial charge < -0.3 is 18.7 Å². The van der Waals surface area contributed by atoms with Gasteiger partial charge in [0, 0.05) is 30.8 Å². The number of aromatic nitrogens is 3. The van der Waals surface area contributed by atoms with E-state index in [-0.39, 0.29) is 29.9 Å². The maximum Gasteiger partial charge on any atom is 0.227 e. The predicted octanol–water partition coefficient (Wildman–Crippen LogP) is 7.14. The Hall–Kier alpha value is -3.52. The number of rotatable bonds is 5. The highest BCUT2D eigenvalue weighted by molar-refractivity contribution is 5.95. The second kappa shape index (κ2) is 10.2. The van der Waals surface area contributed by atoms with Crippen LogP contribution in [0.15, 0.2) is 40.9 Å². The Bertz CT molecular complexity index is 1510. The summed E-state index contributed by atoms with van der Waals surface area (Å²) >= 11 is 0.